The molecule has 0 aliphatic heterocycles. The number of nitrogens with zero attached hydrogens (tertiary/aromatic N) is 2. The fourth-order valence-corrected chi connectivity index (χ4v) is 6.70. The Labute approximate surface area is 275 Å². The van der Waals surface area contributed by atoms with Crippen LogP contribution in [0, 0.1) is 19.8 Å². The van der Waals surface area contributed by atoms with Crippen LogP contribution in [-0.2, 0) is 32.6 Å². The van der Waals surface area contributed by atoms with Crippen molar-refractivity contribution in [2.45, 2.75) is 51.6 Å². The third-order valence-electron chi connectivity index (χ3n) is 7.49. The standard InChI is InChI=1S/C36H40BrN3O4S/c1-26(2)23-38-36(42)34(22-29-11-6-5-7-12-29)39(24-30-16-18-31(37)19-17-30)35(41)25-40(33-13-9-8-10-28(33)4)45(43,44)32-20-14-27(3)15-21-32/h5-21,26,34H,22-25H2,1-4H3,(H,38,42)/t34-/m0/s1. The Kier molecular flexibility index (Phi) is 11.6. The van der Waals surface area contributed by atoms with E-state index >= 15 is 0 Å². The van der Waals surface area contributed by atoms with Gasteiger partial charge in [-0.05, 0) is 66.8 Å². The Bertz CT molecular complexity index is 1690. The first kappa shape index (κ1) is 33.9. The maximum absolute atomic E-state index is 14.5. The molecule has 0 radical (unpaired) electrons. The molecule has 0 heterocycles. The van der Waals surface area contributed by atoms with Gasteiger partial charge in [0.25, 0.3) is 10.0 Å². The second-order valence-corrected chi connectivity index (χ2v) is 14.4. The van der Waals surface area contributed by atoms with E-state index in [2.05, 4.69) is 21.2 Å². The Hall–Kier alpha value is -3.95. The number of carbonyl (C=O) groups is 2. The molecule has 0 fully saturated rings. The van der Waals surface area contributed by atoms with Crippen LogP contribution >= 0.6 is 15.9 Å². The van der Waals surface area contributed by atoms with E-state index in [-0.39, 0.29) is 29.7 Å². The lowest BCUT2D eigenvalue weighted by atomic mass is 10.0. The summed E-state index contributed by atoms with van der Waals surface area (Å²) in [5, 5.41) is 3.02. The van der Waals surface area contributed by atoms with Crippen molar-refractivity contribution >= 4 is 43.5 Å². The molecule has 0 bridgehead atoms. The van der Waals surface area contributed by atoms with E-state index in [1.165, 1.54) is 4.90 Å². The number of benzene rings is 4. The Morgan fingerprint density at radius 1 is 0.800 bits per heavy atom. The van der Waals surface area contributed by atoms with Crippen LogP contribution < -0.4 is 9.62 Å². The maximum Gasteiger partial charge on any atom is 0.264 e. The van der Waals surface area contributed by atoms with Gasteiger partial charge in [0.1, 0.15) is 12.6 Å². The first-order chi connectivity index (χ1) is 21.5. The minimum Gasteiger partial charge on any atom is -0.354 e. The summed E-state index contributed by atoms with van der Waals surface area (Å²) < 4.78 is 30.4. The molecule has 4 aromatic carbocycles. The summed E-state index contributed by atoms with van der Waals surface area (Å²) in [6.45, 7) is 7.79. The number of halogens is 1. The van der Waals surface area contributed by atoms with Gasteiger partial charge in [0.15, 0.2) is 0 Å². The van der Waals surface area contributed by atoms with Gasteiger partial charge in [-0.25, -0.2) is 8.42 Å². The number of sulfonamides is 1. The number of carbonyl (C=O) groups excluding carboxylic acids is 2. The number of hydrogen-bond acceptors (Lipinski definition) is 4. The van der Waals surface area contributed by atoms with E-state index in [0.717, 1.165) is 25.5 Å². The summed E-state index contributed by atoms with van der Waals surface area (Å²) in [5.41, 5.74) is 3.73. The van der Waals surface area contributed by atoms with Crippen LogP contribution in [0.2, 0.25) is 0 Å². The number of anilines is 1. The lowest BCUT2D eigenvalue weighted by Gasteiger charge is -2.34. The van der Waals surface area contributed by atoms with Crippen molar-refractivity contribution in [2.24, 2.45) is 5.92 Å². The number of aryl methyl sites for hydroxylation is 2. The van der Waals surface area contributed by atoms with Gasteiger partial charge in [-0.3, -0.25) is 13.9 Å². The quantitative estimate of drug-likeness (QED) is 0.170. The van der Waals surface area contributed by atoms with E-state index in [1.807, 2.05) is 94.4 Å². The second kappa shape index (κ2) is 15.4. The molecule has 9 heteroatoms. The number of nitrogens with one attached hydrogen (secondary N) is 1. The van der Waals surface area contributed by atoms with Crippen LogP contribution in [0.1, 0.15) is 36.1 Å². The van der Waals surface area contributed by atoms with Crippen LogP contribution in [0.4, 0.5) is 5.69 Å². The van der Waals surface area contributed by atoms with Gasteiger partial charge in [0, 0.05) is 24.0 Å². The molecule has 4 rings (SSSR count). The van der Waals surface area contributed by atoms with E-state index in [4.69, 9.17) is 0 Å². The average Bonchev–Trinajstić information content (AvgIpc) is 3.02. The highest BCUT2D eigenvalue weighted by molar-refractivity contribution is 9.10. The van der Waals surface area contributed by atoms with Gasteiger partial charge in [0.05, 0.1) is 10.6 Å². The van der Waals surface area contributed by atoms with Crippen LogP contribution in [0.15, 0.2) is 112 Å². The van der Waals surface area contributed by atoms with Crippen molar-refractivity contribution < 1.29 is 18.0 Å². The van der Waals surface area contributed by atoms with Gasteiger partial charge < -0.3 is 10.2 Å². The smallest absolute Gasteiger partial charge is 0.264 e. The minimum atomic E-state index is -4.15. The molecule has 7 nitrogen and oxygen atoms in total. The highest BCUT2D eigenvalue weighted by Crippen LogP contribution is 2.28. The van der Waals surface area contributed by atoms with Crippen molar-refractivity contribution in [3.05, 3.63) is 130 Å². The summed E-state index contributed by atoms with van der Waals surface area (Å²) in [7, 11) is -4.15. The van der Waals surface area contributed by atoms with Gasteiger partial charge >= 0.3 is 0 Å². The summed E-state index contributed by atoms with van der Waals surface area (Å²) in [6.07, 6.45) is 0.266. The summed E-state index contributed by atoms with van der Waals surface area (Å²) in [4.78, 5) is 30.0. The van der Waals surface area contributed by atoms with Gasteiger partial charge in [-0.2, -0.15) is 0 Å². The van der Waals surface area contributed by atoms with Crippen LogP contribution in [-0.4, -0.2) is 44.3 Å². The van der Waals surface area contributed by atoms with Crippen LogP contribution in [0.25, 0.3) is 0 Å². The molecule has 0 saturated carbocycles. The average molecular weight is 691 g/mol. The van der Waals surface area contributed by atoms with Crippen molar-refractivity contribution in [3.63, 3.8) is 0 Å². The second-order valence-electron chi connectivity index (χ2n) is 11.6. The highest BCUT2D eigenvalue weighted by atomic mass is 79.9. The molecular formula is C36H40BrN3O4S. The summed E-state index contributed by atoms with van der Waals surface area (Å²) in [6, 6.07) is 29.9. The zero-order valence-corrected chi connectivity index (χ0v) is 28.5. The van der Waals surface area contributed by atoms with Crippen LogP contribution in [0.3, 0.4) is 0 Å². The van der Waals surface area contributed by atoms with E-state index in [1.54, 1.807) is 36.4 Å². The molecule has 236 valence electrons. The molecule has 0 aliphatic rings. The van der Waals surface area contributed by atoms with Crippen molar-refractivity contribution in [1.29, 1.82) is 0 Å². The molecule has 0 aliphatic carbocycles. The first-order valence-electron chi connectivity index (χ1n) is 15.0. The number of hydrogen-bond donors (Lipinski definition) is 1. The van der Waals surface area contributed by atoms with Crippen molar-refractivity contribution in [2.75, 3.05) is 17.4 Å². The zero-order valence-electron chi connectivity index (χ0n) is 26.1. The summed E-state index contributed by atoms with van der Waals surface area (Å²) in [5.74, 6) is -0.572. The molecular weight excluding hydrogens is 650 g/mol. The molecule has 4 aromatic rings. The third kappa shape index (κ3) is 9.05. The normalized spacial score (nSPS) is 12.0. The summed E-state index contributed by atoms with van der Waals surface area (Å²) >= 11 is 3.47. The monoisotopic (exact) mass is 689 g/mol. The van der Waals surface area contributed by atoms with Crippen molar-refractivity contribution in [3.8, 4) is 0 Å². The van der Waals surface area contributed by atoms with E-state index in [0.29, 0.717) is 17.8 Å². The number of rotatable bonds is 13. The molecule has 0 aromatic heterocycles. The number of para-hydroxylation sites is 1. The zero-order chi connectivity index (χ0) is 32.6. The Morgan fingerprint density at radius 3 is 2.04 bits per heavy atom. The van der Waals surface area contributed by atoms with E-state index in [9.17, 15) is 18.0 Å². The van der Waals surface area contributed by atoms with Gasteiger partial charge in [0.2, 0.25) is 11.8 Å². The Morgan fingerprint density at radius 2 is 1.42 bits per heavy atom. The molecule has 0 spiro atoms. The molecule has 1 atom stereocenters. The van der Waals surface area contributed by atoms with Crippen LogP contribution in [0.5, 0.6) is 0 Å². The molecule has 0 unspecified atom stereocenters. The molecule has 1 N–H and O–H groups in total. The fraction of sp³-hybridized carbons (Fsp3) is 0.278. The topological polar surface area (TPSA) is 86.8 Å². The SMILES string of the molecule is Cc1ccc(S(=O)(=O)N(CC(=O)N(Cc2ccc(Br)cc2)[C@@H](Cc2ccccc2)C(=O)NCC(C)C)c2ccccc2C)cc1. The van der Waals surface area contributed by atoms with E-state index < -0.39 is 28.5 Å². The first-order valence-corrected chi connectivity index (χ1v) is 17.2. The Balaban J connectivity index is 1.80. The minimum absolute atomic E-state index is 0.0825. The van der Waals surface area contributed by atoms with Gasteiger partial charge in [-0.1, -0.05) is 108 Å². The molecule has 0 saturated heterocycles. The maximum atomic E-state index is 14.5. The fourth-order valence-electron chi connectivity index (χ4n) is 4.96. The molecule has 45 heavy (non-hydrogen) atoms. The predicted octanol–water partition coefficient (Wildman–Crippen LogP) is 6.67. The third-order valence-corrected chi connectivity index (χ3v) is 9.80. The highest BCUT2D eigenvalue weighted by Gasteiger charge is 2.35. The lowest BCUT2D eigenvalue weighted by Crippen LogP contribution is -2.53. The van der Waals surface area contributed by atoms with Crippen molar-refractivity contribution in [1.82, 2.24) is 10.2 Å². The predicted molar refractivity (Wildman–Crippen MR) is 183 cm³/mol. The number of amides is 2. The van der Waals surface area contributed by atoms with Gasteiger partial charge in [-0.15, -0.1) is 0 Å². The lowest BCUT2D eigenvalue weighted by molar-refractivity contribution is -0.140. The molecule has 2 amide bonds. The largest absolute Gasteiger partial charge is 0.354 e.